The summed E-state index contributed by atoms with van der Waals surface area (Å²) in [7, 11) is 1.61. The van der Waals surface area contributed by atoms with Crippen LogP contribution in [0.3, 0.4) is 0 Å². The van der Waals surface area contributed by atoms with Crippen molar-refractivity contribution in [2.75, 3.05) is 19.0 Å². The fraction of sp³-hybridized carbons (Fsp3) is 0.471. The maximum absolute atomic E-state index is 12.3. The number of aryl methyl sites for hydroxylation is 2. The molecule has 0 saturated carbocycles. The zero-order chi connectivity index (χ0) is 17.7. The molecule has 130 valence electrons. The first-order chi connectivity index (χ1) is 11.4. The molecule has 1 aromatic carbocycles. The van der Waals surface area contributed by atoms with Crippen LogP contribution >= 0.6 is 11.8 Å². The van der Waals surface area contributed by atoms with E-state index < -0.39 is 5.25 Å². The molecule has 1 aliphatic heterocycles. The highest BCUT2D eigenvalue weighted by molar-refractivity contribution is 8.15. The van der Waals surface area contributed by atoms with E-state index in [0.29, 0.717) is 11.8 Å². The summed E-state index contributed by atoms with van der Waals surface area (Å²) >= 11 is 1.29. The van der Waals surface area contributed by atoms with Gasteiger partial charge in [0.25, 0.3) is 0 Å². The smallest absolute Gasteiger partial charge is 0.240 e. The quantitative estimate of drug-likeness (QED) is 0.825. The second-order valence-electron chi connectivity index (χ2n) is 5.85. The van der Waals surface area contributed by atoms with Crippen LogP contribution in [0.1, 0.15) is 24.5 Å². The molecule has 1 fully saturated rings. The van der Waals surface area contributed by atoms with Gasteiger partial charge in [0, 0.05) is 19.2 Å². The number of rotatable bonds is 6. The number of nitrogens with zero attached hydrogens (tertiary/aromatic N) is 1. The minimum absolute atomic E-state index is 0.0417. The van der Waals surface area contributed by atoms with Crippen molar-refractivity contribution in [1.29, 1.82) is 0 Å². The van der Waals surface area contributed by atoms with Gasteiger partial charge in [-0.25, -0.2) is 0 Å². The topological polar surface area (TPSA) is 79.8 Å². The van der Waals surface area contributed by atoms with Gasteiger partial charge < -0.3 is 15.4 Å². The van der Waals surface area contributed by atoms with E-state index in [9.17, 15) is 9.59 Å². The third kappa shape index (κ3) is 4.82. The molecule has 0 radical (unpaired) electrons. The minimum Gasteiger partial charge on any atom is -0.382 e. The number of methoxy groups -OCH3 is 1. The highest BCUT2D eigenvalue weighted by atomic mass is 32.2. The lowest BCUT2D eigenvalue weighted by Crippen LogP contribution is -2.28. The molecule has 1 aliphatic rings. The lowest BCUT2D eigenvalue weighted by atomic mass is 10.1. The van der Waals surface area contributed by atoms with Crippen molar-refractivity contribution in [2.24, 2.45) is 4.99 Å². The number of benzene rings is 1. The van der Waals surface area contributed by atoms with E-state index in [4.69, 9.17) is 4.74 Å². The van der Waals surface area contributed by atoms with Gasteiger partial charge in [0.05, 0.1) is 12.6 Å². The normalized spacial score (nSPS) is 20.1. The number of hydrogen-bond donors (Lipinski definition) is 2. The Morgan fingerprint density at radius 1 is 1.42 bits per heavy atom. The van der Waals surface area contributed by atoms with Crippen LogP contribution in [0.5, 0.6) is 0 Å². The van der Waals surface area contributed by atoms with Gasteiger partial charge in [-0.05, 0) is 31.9 Å². The average molecular weight is 349 g/mol. The molecule has 2 rings (SSSR count). The first kappa shape index (κ1) is 18.5. The second kappa shape index (κ2) is 8.30. The molecule has 0 bridgehead atoms. The molecule has 0 aliphatic carbocycles. The first-order valence-corrected chi connectivity index (χ1v) is 8.69. The van der Waals surface area contributed by atoms with Crippen molar-refractivity contribution in [1.82, 2.24) is 5.32 Å². The first-order valence-electron chi connectivity index (χ1n) is 7.81. The lowest BCUT2D eigenvalue weighted by Gasteiger charge is -2.12. The summed E-state index contributed by atoms with van der Waals surface area (Å²) in [5.74, 6) is -0.355. The minimum atomic E-state index is -0.456. The molecule has 0 unspecified atom stereocenters. The molecule has 2 atom stereocenters. The summed E-state index contributed by atoms with van der Waals surface area (Å²) in [6, 6.07) is 5.80. The molecular formula is C17H23N3O3S. The number of aliphatic imine (C=N–C) groups is 1. The zero-order valence-electron chi connectivity index (χ0n) is 14.4. The molecule has 0 spiro atoms. The predicted octanol–water partition coefficient (Wildman–Crippen LogP) is 2.25. The lowest BCUT2D eigenvalue weighted by molar-refractivity contribution is -0.122. The number of ether oxygens (including phenoxy) is 1. The summed E-state index contributed by atoms with van der Waals surface area (Å²) in [6.45, 7) is 6.28. The Bertz CT molecular complexity index is 640. The van der Waals surface area contributed by atoms with Crippen molar-refractivity contribution in [3.8, 4) is 0 Å². The molecule has 7 heteroatoms. The Morgan fingerprint density at radius 2 is 2.08 bits per heavy atom. The highest BCUT2D eigenvalue weighted by Crippen LogP contribution is 2.25. The van der Waals surface area contributed by atoms with Crippen LogP contribution < -0.4 is 10.6 Å². The molecule has 0 aromatic heterocycles. The Kier molecular flexibility index (Phi) is 6.39. The number of thioether (sulfide) groups is 1. The van der Waals surface area contributed by atoms with Crippen LogP contribution in [0.25, 0.3) is 0 Å². The van der Waals surface area contributed by atoms with Crippen LogP contribution in [0.2, 0.25) is 0 Å². The number of hydrogen-bond acceptors (Lipinski definition) is 5. The molecular weight excluding hydrogens is 326 g/mol. The van der Waals surface area contributed by atoms with Crippen molar-refractivity contribution in [3.63, 3.8) is 0 Å². The molecule has 2 N–H and O–H groups in total. The van der Waals surface area contributed by atoms with Gasteiger partial charge in [-0.1, -0.05) is 30.0 Å². The number of para-hydroxylation sites is 1. The van der Waals surface area contributed by atoms with Gasteiger partial charge in [-0.3, -0.25) is 14.6 Å². The second-order valence-corrected chi connectivity index (χ2v) is 7.04. The van der Waals surface area contributed by atoms with Crippen LogP contribution in [0, 0.1) is 13.8 Å². The fourth-order valence-electron chi connectivity index (χ4n) is 2.45. The summed E-state index contributed by atoms with van der Waals surface area (Å²) in [4.78, 5) is 28.7. The van der Waals surface area contributed by atoms with Gasteiger partial charge in [0.1, 0.15) is 5.25 Å². The maximum Gasteiger partial charge on any atom is 0.240 e. The third-order valence-corrected chi connectivity index (χ3v) is 4.73. The van der Waals surface area contributed by atoms with Gasteiger partial charge in [0.2, 0.25) is 11.8 Å². The fourth-order valence-corrected chi connectivity index (χ4v) is 3.52. The van der Waals surface area contributed by atoms with Crippen molar-refractivity contribution in [2.45, 2.75) is 38.5 Å². The standard InChI is InChI=1S/C17H23N3O3S/c1-10-6-5-7-11(2)15(10)19-14(21)8-13-16(22)20-17(24-13)18-12(3)9-23-4/h5-7,12-13H,8-9H2,1-4H3,(H,19,21)(H,18,20,22)/t12-,13+/m1/s1. The molecule has 24 heavy (non-hydrogen) atoms. The van der Waals surface area contributed by atoms with E-state index in [-0.39, 0.29) is 24.3 Å². The van der Waals surface area contributed by atoms with E-state index in [1.165, 1.54) is 11.8 Å². The Hall–Kier alpha value is -1.86. The van der Waals surface area contributed by atoms with E-state index in [0.717, 1.165) is 16.8 Å². The van der Waals surface area contributed by atoms with Crippen LogP contribution in [0.15, 0.2) is 23.2 Å². The van der Waals surface area contributed by atoms with Crippen LogP contribution in [0.4, 0.5) is 5.69 Å². The van der Waals surface area contributed by atoms with Crippen molar-refractivity contribution >= 4 is 34.4 Å². The van der Waals surface area contributed by atoms with E-state index in [1.807, 2.05) is 39.0 Å². The zero-order valence-corrected chi connectivity index (χ0v) is 15.2. The molecule has 1 heterocycles. The third-order valence-electron chi connectivity index (χ3n) is 3.64. The van der Waals surface area contributed by atoms with Gasteiger partial charge in [0.15, 0.2) is 5.17 Å². The molecule has 2 amide bonds. The number of anilines is 1. The van der Waals surface area contributed by atoms with Crippen LogP contribution in [-0.2, 0) is 14.3 Å². The Labute approximate surface area is 146 Å². The largest absolute Gasteiger partial charge is 0.382 e. The number of carbonyl (C=O) groups is 2. The average Bonchev–Trinajstić information content (AvgIpc) is 2.83. The number of carbonyl (C=O) groups excluding carboxylic acids is 2. The predicted molar refractivity (Wildman–Crippen MR) is 97.5 cm³/mol. The molecule has 1 aromatic rings. The summed E-state index contributed by atoms with van der Waals surface area (Å²) in [5, 5.41) is 5.73. The van der Waals surface area contributed by atoms with Gasteiger partial charge >= 0.3 is 0 Å². The van der Waals surface area contributed by atoms with Crippen molar-refractivity contribution < 1.29 is 14.3 Å². The number of amides is 2. The van der Waals surface area contributed by atoms with Crippen molar-refractivity contribution in [3.05, 3.63) is 29.3 Å². The van der Waals surface area contributed by atoms with E-state index in [1.54, 1.807) is 7.11 Å². The Morgan fingerprint density at radius 3 is 2.71 bits per heavy atom. The monoisotopic (exact) mass is 349 g/mol. The summed E-state index contributed by atoms with van der Waals surface area (Å²) < 4.78 is 5.03. The summed E-state index contributed by atoms with van der Waals surface area (Å²) in [6.07, 6.45) is 0.113. The van der Waals surface area contributed by atoms with E-state index in [2.05, 4.69) is 15.6 Å². The summed E-state index contributed by atoms with van der Waals surface area (Å²) in [5.41, 5.74) is 2.82. The van der Waals surface area contributed by atoms with Crippen LogP contribution in [-0.4, -0.2) is 42.0 Å². The van der Waals surface area contributed by atoms with Gasteiger partial charge in [-0.2, -0.15) is 0 Å². The number of amidine groups is 1. The maximum atomic E-state index is 12.3. The SMILES string of the molecule is COC[C@@H](C)N=C1NC(=O)[C@H](CC(=O)Nc2c(C)cccc2C)S1. The Balaban J connectivity index is 1.96. The molecule has 6 nitrogen and oxygen atoms in total. The highest BCUT2D eigenvalue weighted by Gasteiger charge is 2.32. The van der Waals surface area contributed by atoms with Gasteiger partial charge in [-0.15, -0.1) is 0 Å². The number of nitrogens with one attached hydrogen (secondary N) is 2. The van der Waals surface area contributed by atoms with E-state index >= 15 is 0 Å². The molecule has 1 saturated heterocycles.